The van der Waals surface area contributed by atoms with Crippen molar-refractivity contribution in [1.29, 1.82) is 0 Å². The Kier molecular flexibility index (Phi) is 10.2. The second-order valence-electron chi connectivity index (χ2n) is 6.99. The summed E-state index contributed by atoms with van der Waals surface area (Å²) in [6.07, 6.45) is 5.92. The molecule has 1 heterocycles. The van der Waals surface area contributed by atoms with Crippen molar-refractivity contribution in [3.8, 4) is 5.75 Å². The van der Waals surface area contributed by atoms with Crippen molar-refractivity contribution >= 4 is 0 Å². The predicted octanol–water partition coefficient (Wildman–Crippen LogP) is 4.51. The standard InChI is InChI=1S/C19H30N2O2.C2H6.CH4/c1-3-20(14-15-8-10-21(23-2)11-9-15)18-6-4-16-5-7-19(22)13-17(16)12-18;1-2;/h5,7,13,15,18,22H,3-4,6,8-12,14H2,1-2H3;1-2H3;1H4. The van der Waals surface area contributed by atoms with Crippen LogP contribution in [0.15, 0.2) is 18.2 Å². The van der Waals surface area contributed by atoms with Gasteiger partial charge in [0, 0.05) is 25.7 Å². The molecule has 0 bridgehead atoms. The molecule has 2 aliphatic rings. The lowest BCUT2D eigenvalue weighted by molar-refractivity contribution is -0.149. The molecule has 0 radical (unpaired) electrons. The van der Waals surface area contributed by atoms with Gasteiger partial charge in [-0.1, -0.05) is 34.3 Å². The molecular weight excluding hydrogens is 324 g/mol. The minimum Gasteiger partial charge on any atom is -0.508 e. The summed E-state index contributed by atoms with van der Waals surface area (Å²) in [6.45, 7) is 10.7. The van der Waals surface area contributed by atoms with Gasteiger partial charge in [-0.25, -0.2) is 0 Å². The maximum Gasteiger partial charge on any atom is 0.115 e. The highest BCUT2D eigenvalue weighted by Gasteiger charge is 2.27. The molecule has 1 aromatic rings. The Hall–Kier alpha value is -1.10. The van der Waals surface area contributed by atoms with Crippen LogP contribution in [0.3, 0.4) is 0 Å². The number of piperidine rings is 1. The zero-order chi connectivity index (χ0) is 18.2. The first-order valence-electron chi connectivity index (χ1n) is 10.0. The molecule has 0 aromatic heterocycles. The number of aromatic hydroxyl groups is 1. The van der Waals surface area contributed by atoms with E-state index in [0.717, 1.165) is 38.4 Å². The van der Waals surface area contributed by atoms with Crippen LogP contribution in [0.4, 0.5) is 0 Å². The molecule has 1 aliphatic carbocycles. The maximum atomic E-state index is 9.75. The minimum atomic E-state index is 0. The second kappa shape index (κ2) is 11.6. The number of phenols is 1. The molecule has 1 aromatic carbocycles. The van der Waals surface area contributed by atoms with Crippen molar-refractivity contribution in [2.75, 3.05) is 33.3 Å². The van der Waals surface area contributed by atoms with Crippen molar-refractivity contribution in [2.45, 2.75) is 66.3 Å². The molecule has 1 N–H and O–H groups in total. The van der Waals surface area contributed by atoms with Crippen molar-refractivity contribution in [3.05, 3.63) is 29.3 Å². The lowest BCUT2D eigenvalue weighted by Gasteiger charge is -2.38. The summed E-state index contributed by atoms with van der Waals surface area (Å²) in [5.74, 6) is 1.19. The molecule has 1 unspecified atom stereocenters. The number of hydroxylamine groups is 2. The summed E-state index contributed by atoms with van der Waals surface area (Å²) < 4.78 is 0. The average molecular weight is 365 g/mol. The Balaban J connectivity index is 0.00000109. The van der Waals surface area contributed by atoms with Gasteiger partial charge in [-0.05, 0) is 67.8 Å². The third-order valence-electron chi connectivity index (χ3n) is 5.64. The Morgan fingerprint density at radius 3 is 2.46 bits per heavy atom. The zero-order valence-electron chi connectivity index (χ0n) is 16.5. The van der Waals surface area contributed by atoms with Crippen molar-refractivity contribution in [1.82, 2.24) is 9.96 Å². The first-order chi connectivity index (χ1) is 12.2. The molecular formula is C22H40N2O2. The Labute approximate surface area is 161 Å². The summed E-state index contributed by atoms with van der Waals surface area (Å²) in [5.41, 5.74) is 2.76. The average Bonchev–Trinajstić information content (AvgIpc) is 2.67. The molecule has 0 saturated carbocycles. The van der Waals surface area contributed by atoms with Gasteiger partial charge >= 0.3 is 0 Å². The number of benzene rings is 1. The predicted molar refractivity (Wildman–Crippen MR) is 111 cm³/mol. The molecule has 1 atom stereocenters. The fourth-order valence-corrected chi connectivity index (χ4v) is 4.18. The fourth-order valence-electron chi connectivity index (χ4n) is 4.18. The van der Waals surface area contributed by atoms with E-state index in [-0.39, 0.29) is 7.43 Å². The quantitative estimate of drug-likeness (QED) is 0.834. The second-order valence-corrected chi connectivity index (χ2v) is 6.99. The summed E-state index contributed by atoms with van der Waals surface area (Å²) in [7, 11) is 1.77. The molecule has 0 amide bonds. The van der Waals surface area contributed by atoms with Gasteiger partial charge in [-0.3, -0.25) is 0 Å². The number of hydrogen-bond donors (Lipinski definition) is 1. The third-order valence-corrected chi connectivity index (χ3v) is 5.64. The molecule has 0 spiro atoms. The lowest BCUT2D eigenvalue weighted by atomic mass is 9.86. The van der Waals surface area contributed by atoms with E-state index in [4.69, 9.17) is 4.84 Å². The van der Waals surface area contributed by atoms with E-state index >= 15 is 0 Å². The molecule has 1 saturated heterocycles. The summed E-state index contributed by atoms with van der Waals surface area (Å²) in [5, 5.41) is 11.8. The van der Waals surface area contributed by atoms with Crippen LogP contribution in [0.1, 0.15) is 58.6 Å². The number of rotatable bonds is 5. The van der Waals surface area contributed by atoms with Gasteiger partial charge in [-0.15, -0.1) is 0 Å². The van der Waals surface area contributed by atoms with Crippen LogP contribution in [0, 0.1) is 5.92 Å². The molecule has 150 valence electrons. The van der Waals surface area contributed by atoms with Crippen LogP contribution in [0.5, 0.6) is 5.75 Å². The smallest absolute Gasteiger partial charge is 0.115 e. The molecule has 1 fully saturated rings. The van der Waals surface area contributed by atoms with Gasteiger partial charge < -0.3 is 14.8 Å². The molecule has 1 aliphatic heterocycles. The Morgan fingerprint density at radius 1 is 1.15 bits per heavy atom. The number of aryl methyl sites for hydroxylation is 1. The number of likely N-dealkylation sites (N-methyl/N-ethyl adjacent to an activating group) is 1. The summed E-state index contributed by atoms with van der Waals surface area (Å²) >= 11 is 0. The van der Waals surface area contributed by atoms with Gasteiger partial charge in [0.1, 0.15) is 5.75 Å². The Bertz CT molecular complexity index is 513. The first kappa shape index (κ1) is 22.9. The van der Waals surface area contributed by atoms with E-state index in [2.05, 4.69) is 23.0 Å². The van der Waals surface area contributed by atoms with Crippen LogP contribution in [-0.4, -0.2) is 54.4 Å². The van der Waals surface area contributed by atoms with Gasteiger partial charge in [-0.2, -0.15) is 5.06 Å². The normalized spacial score (nSPS) is 20.7. The minimum absolute atomic E-state index is 0. The van der Waals surface area contributed by atoms with Gasteiger partial charge in [0.05, 0.1) is 7.11 Å². The topological polar surface area (TPSA) is 35.9 Å². The summed E-state index contributed by atoms with van der Waals surface area (Å²) in [6, 6.07) is 6.50. The zero-order valence-corrected chi connectivity index (χ0v) is 16.5. The number of fused-ring (bicyclic) bond motifs is 1. The van der Waals surface area contributed by atoms with Crippen LogP contribution in [0.25, 0.3) is 0 Å². The largest absolute Gasteiger partial charge is 0.508 e. The molecule has 4 nitrogen and oxygen atoms in total. The maximum absolute atomic E-state index is 9.75. The van der Waals surface area contributed by atoms with Crippen molar-refractivity contribution in [2.24, 2.45) is 5.92 Å². The molecule has 26 heavy (non-hydrogen) atoms. The van der Waals surface area contributed by atoms with Crippen molar-refractivity contribution in [3.63, 3.8) is 0 Å². The molecule has 4 heteroatoms. The third kappa shape index (κ3) is 5.97. The van der Waals surface area contributed by atoms with E-state index in [9.17, 15) is 5.11 Å². The van der Waals surface area contributed by atoms with Crippen LogP contribution in [-0.2, 0) is 17.7 Å². The fraction of sp³-hybridized carbons (Fsp3) is 0.727. The van der Waals surface area contributed by atoms with Gasteiger partial charge in [0.2, 0.25) is 0 Å². The number of hydrogen-bond acceptors (Lipinski definition) is 4. The summed E-state index contributed by atoms with van der Waals surface area (Å²) in [4.78, 5) is 8.00. The Morgan fingerprint density at radius 2 is 1.85 bits per heavy atom. The highest BCUT2D eigenvalue weighted by molar-refractivity contribution is 5.37. The van der Waals surface area contributed by atoms with E-state index in [1.165, 1.54) is 36.9 Å². The lowest BCUT2D eigenvalue weighted by Crippen LogP contribution is -2.44. The van der Waals surface area contributed by atoms with Gasteiger partial charge in [0.15, 0.2) is 0 Å². The molecule has 3 rings (SSSR count). The number of nitrogens with zero attached hydrogens (tertiary/aromatic N) is 2. The van der Waals surface area contributed by atoms with E-state index in [0.29, 0.717) is 11.8 Å². The monoisotopic (exact) mass is 364 g/mol. The van der Waals surface area contributed by atoms with Crippen LogP contribution >= 0.6 is 0 Å². The van der Waals surface area contributed by atoms with E-state index in [1.54, 1.807) is 7.11 Å². The first-order valence-corrected chi connectivity index (χ1v) is 10.0. The van der Waals surface area contributed by atoms with Gasteiger partial charge in [0.25, 0.3) is 0 Å². The van der Waals surface area contributed by atoms with Crippen LogP contribution in [0.2, 0.25) is 0 Å². The van der Waals surface area contributed by atoms with E-state index < -0.39 is 0 Å². The van der Waals surface area contributed by atoms with Crippen molar-refractivity contribution < 1.29 is 9.94 Å². The highest BCUT2D eigenvalue weighted by atomic mass is 16.7. The van der Waals surface area contributed by atoms with E-state index in [1.807, 2.05) is 26.0 Å². The number of phenolic OH excluding ortho intramolecular Hbond substituents is 1. The SMILES string of the molecule is C.CC.CCN(CC1CCN(OC)CC1)C1CCc2ccc(O)cc2C1. The van der Waals surface area contributed by atoms with Crippen LogP contribution < -0.4 is 0 Å². The highest BCUT2D eigenvalue weighted by Crippen LogP contribution is 2.29.